The third kappa shape index (κ3) is 7.66. The summed E-state index contributed by atoms with van der Waals surface area (Å²) < 4.78 is 21.9. The van der Waals surface area contributed by atoms with Crippen LogP contribution in [0.15, 0.2) is 48.9 Å². The number of aromatic nitrogens is 6. The zero-order chi connectivity index (χ0) is 34.2. The van der Waals surface area contributed by atoms with Crippen molar-refractivity contribution in [3.8, 4) is 22.8 Å². The molecule has 254 valence electrons. The van der Waals surface area contributed by atoms with Gasteiger partial charge in [-0.25, -0.2) is 19.4 Å². The van der Waals surface area contributed by atoms with Crippen LogP contribution in [-0.2, 0) is 16.2 Å². The van der Waals surface area contributed by atoms with Gasteiger partial charge >= 0.3 is 6.09 Å². The molecule has 13 heteroatoms. The number of benzene rings is 2. The maximum absolute atomic E-state index is 13.0. The molecule has 1 saturated heterocycles. The fourth-order valence-electron chi connectivity index (χ4n) is 5.71. The standard InChI is InChI=1S/C35H44ClN7O4Si/c1-23-39-26-12-11-25(18-29(26)42(23)22-45-16-17-48(5,6)7)46-30-14-13-27-33(32(30)36)40-28(20-37-27)24-19-38-43(21-24)31-10-8-9-15-41(31)34(44)47-35(2,3)4/h11-14,18-21,31H,8-10,15-17,22H2,1-7H3. The van der Waals surface area contributed by atoms with Crippen molar-refractivity contribution in [2.24, 2.45) is 0 Å². The number of piperidine rings is 1. The number of hydrogen-bond donors (Lipinski definition) is 0. The number of imidazole rings is 1. The SMILES string of the molecule is Cc1nc2ccc(Oc3ccc4ncc(-c5cnn(C6CCCCN6C(=O)OC(C)(C)C)c5)nc4c3Cl)cc2n1COCC[Si](C)(C)C. The van der Waals surface area contributed by atoms with E-state index in [-0.39, 0.29) is 12.3 Å². The van der Waals surface area contributed by atoms with E-state index in [0.717, 1.165) is 54.3 Å². The van der Waals surface area contributed by atoms with E-state index >= 15 is 0 Å². The third-order valence-electron chi connectivity index (χ3n) is 8.27. The van der Waals surface area contributed by atoms with Crippen LogP contribution >= 0.6 is 11.6 Å². The topological polar surface area (TPSA) is 109 Å². The maximum Gasteiger partial charge on any atom is 0.411 e. The highest BCUT2D eigenvalue weighted by Gasteiger charge is 2.32. The number of ether oxygens (including phenoxy) is 3. The van der Waals surface area contributed by atoms with Crippen LogP contribution < -0.4 is 4.74 Å². The number of fused-ring (bicyclic) bond motifs is 2. The second-order valence-electron chi connectivity index (χ2n) is 14.5. The molecule has 0 bridgehead atoms. The van der Waals surface area contributed by atoms with E-state index in [1.165, 1.54) is 0 Å². The van der Waals surface area contributed by atoms with Crippen LogP contribution in [0.4, 0.5) is 4.79 Å². The molecule has 5 aromatic rings. The van der Waals surface area contributed by atoms with Crippen LogP contribution in [0.25, 0.3) is 33.3 Å². The highest BCUT2D eigenvalue weighted by Crippen LogP contribution is 2.36. The van der Waals surface area contributed by atoms with E-state index < -0.39 is 13.7 Å². The molecule has 1 aliphatic heterocycles. The van der Waals surface area contributed by atoms with Crippen molar-refractivity contribution >= 4 is 47.8 Å². The Kier molecular flexibility index (Phi) is 9.52. The van der Waals surface area contributed by atoms with Crippen molar-refractivity contribution in [2.75, 3.05) is 13.2 Å². The van der Waals surface area contributed by atoms with Crippen LogP contribution in [-0.4, -0.2) is 67.1 Å². The van der Waals surface area contributed by atoms with Gasteiger partial charge in [0.2, 0.25) is 0 Å². The van der Waals surface area contributed by atoms with Gasteiger partial charge in [0.15, 0.2) is 0 Å². The summed E-state index contributed by atoms with van der Waals surface area (Å²) in [6.45, 7) is 16.4. The zero-order valence-electron chi connectivity index (χ0n) is 28.8. The first kappa shape index (κ1) is 33.9. The molecule has 1 aliphatic rings. The van der Waals surface area contributed by atoms with E-state index in [0.29, 0.717) is 46.5 Å². The molecule has 4 heterocycles. The van der Waals surface area contributed by atoms with Crippen LogP contribution in [0.5, 0.6) is 11.5 Å². The summed E-state index contributed by atoms with van der Waals surface area (Å²) in [6, 6.07) is 10.5. The molecule has 1 unspecified atom stereocenters. The molecule has 0 radical (unpaired) electrons. The minimum absolute atomic E-state index is 0.242. The predicted molar refractivity (Wildman–Crippen MR) is 190 cm³/mol. The lowest BCUT2D eigenvalue weighted by Gasteiger charge is -2.36. The third-order valence-corrected chi connectivity index (χ3v) is 10.3. The fraction of sp³-hybridized carbons (Fsp3) is 0.457. The molecule has 1 atom stereocenters. The van der Waals surface area contributed by atoms with Crippen LogP contribution in [0.3, 0.4) is 0 Å². The van der Waals surface area contributed by atoms with Gasteiger partial charge in [-0.05, 0) is 77.3 Å². The largest absolute Gasteiger partial charge is 0.456 e. The molecule has 48 heavy (non-hydrogen) atoms. The van der Waals surface area contributed by atoms with Gasteiger partial charge in [-0.2, -0.15) is 5.10 Å². The molecule has 6 rings (SSSR count). The molecule has 0 aliphatic carbocycles. The van der Waals surface area contributed by atoms with Crippen molar-refractivity contribution in [1.29, 1.82) is 0 Å². The molecule has 1 fully saturated rings. The van der Waals surface area contributed by atoms with Gasteiger partial charge in [0.05, 0.1) is 34.6 Å². The Hall–Kier alpha value is -4.00. The number of halogens is 1. The van der Waals surface area contributed by atoms with Crippen LogP contribution in [0.1, 0.15) is 52.0 Å². The maximum atomic E-state index is 13.0. The number of aryl methyl sites for hydroxylation is 1. The highest BCUT2D eigenvalue weighted by molar-refractivity contribution is 6.76. The molecular formula is C35H44ClN7O4Si. The molecule has 2 aromatic carbocycles. The second kappa shape index (κ2) is 13.5. The van der Waals surface area contributed by atoms with E-state index in [1.54, 1.807) is 23.4 Å². The lowest BCUT2D eigenvalue weighted by molar-refractivity contribution is -0.00344. The summed E-state index contributed by atoms with van der Waals surface area (Å²) in [5.41, 5.74) is 3.77. The Labute approximate surface area is 287 Å². The minimum Gasteiger partial charge on any atom is -0.456 e. The van der Waals surface area contributed by atoms with Crippen LogP contribution in [0.2, 0.25) is 30.7 Å². The Bertz CT molecular complexity index is 1950. The van der Waals surface area contributed by atoms with Gasteiger partial charge in [-0.1, -0.05) is 31.2 Å². The number of carbonyl (C=O) groups is 1. The number of likely N-dealkylation sites (tertiary alicyclic amines) is 1. The van der Waals surface area contributed by atoms with Crippen molar-refractivity contribution in [1.82, 2.24) is 34.2 Å². The van der Waals surface area contributed by atoms with E-state index in [2.05, 4.69) is 34.3 Å². The Morgan fingerprint density at radius 1 is 1.06 bits per heavy atom. The van der Waals surface area contributed by atoms with Crippen molar-refractivity contribution < 1.29 is 19.0 Å². The summed E-state index contributed by atoms with van der Waals surface area (Å²) in [5, 5.41) is 4.97. The smallest absolute Gasteiger partial charge is 0.411 e. The molecule has 0 saturated carbocycles. The van der Waals surface area contributed by atoms with Crippen LogP contribution in [0, 0.1) is 6.92 Å². The summed E-state index contributed by atoms with van der Waals surface area (Å²) in [5.74, 6) is 1.97. The highest BCUT2D eigenvalue weighted by atomic mass is 35.5. The molecule has 1 amide bonds. The van der Waals surface area contributed by atoms with Gasteiger partial charge in [0.25, 0.3) is 0 Å². The Balaban J connectivity index is 1.22. The predicted octanol–water partition coefficient (Wildman–Crippen LogP) is 8.83. The quantitative estimate of drug-likeness (QED) is 0.112. The lowest BCUT2D eigenvalue weighted by Crippen LogP contribution is -2.44. The normalized spacial score (nSPS) is 15.8. The molecule has 3 aromatic heterocycles. The average molecular weight is 690 g/mol. The lowest BCUT2D eigenvalue weighted by atomic mass is 10.1. The van der Waals surface area contributed by atoms with E-state index in [4.69, 9.17) is 35.8 Å². The van der Waals surface area contributed by atoms with Crippen molar-refractivity contribution in [3.63, 3.8) is 0 Å². The summed E-state index contributed by atoms with van der Waals surface area (Å²) in [6.07, 6.45) is 7.46. The van der Waals surface area contributed by atoms with Gasteiger partial charge in [0, 0.05) is 39.1 Å². The van der Waals surface area contributed by atoms with Crippen molar-refractivity contribution in [2.45, 2.75) is 91.1 Å². The molecule has 0 N–H and O–H groups in total. The monoisotopic (exact) mass is 689 g/mol. The molecule has 0 spiro atoms. The molecular weight excluding hydrogens is 646 g/mol. The summed E-state index contributed by atoms with van der Waals surface area (Å²) >= 11 is 6.92. The summed E-state index contributed by atoms with van der Waals surface area (Å²) in [7, 11) is -1.18. The Morgan fingerprint density at radius 3 is 2.62 bits per heavy atom. The first-order valence-corrected chi connectivity index (χ1v) is 20.6. The Morgan fingerprint density at radius 2 is 1.85 bits per heavy atom. The number of rotatable bonds is 9. The minimum atomic E-state index is -1.18. The zero-order valence-corrected chi connectivity index (χ0v) is 30.5. The first-order chi connectivity index (χ1) is 22.8. The van der Waals surface area contributed by atoms with Crippen molar-refractivity contribution in [3.05, 3.63) is 59.8 Å². The summed E-state index contributed by atoms with van der Waals surface area (Å²) in [4.78, 5) is 29.0. The fourth-order valence-corrected chi connectivity index (χ4v) is 6.71. The van der Waals surface area contributed by atoms with Gasteiger partial charge in [-0.15, -0.1) is 0 Å². The van der Waals surface area contributed by atoms with Gasteiger partial charge in [-0.3, -0.25) is 9.88 Å². The van der Waals surface area contributed by atoms with Gasteiger partial charge < -0.3 is 18.8 Å². The average Bonchev–Trinajstić information content (AvgIpc) is 3.64. The first-order valence-electron chi connectivity index (χ1n) is 16.5. The van der Waals surface area contributed by atoms with Gasteiger partial charge in [0.1, 0.15) is 46.4 Å². The van der Waals surface area contributed by atoms with E-state index in [9.17, 15) is 4.79 Å². The van der Waals surface area contributed by atoms with E-state index in [1.807, 2.05) is 62.8 Å². The molecule has 11 nitrogen and oxygen atoms in total. The second-order valence-corrected chi connectivity index (χ2v) is 20.5. The number of hydrogen-bond acceptors (Lipinski definition) is 8. The number of amides is 1. The number of carbonyl (C=O) groups excluding carboxylic acids is 1. The number of nitrogens with zero attached hydrogens (tertiary/aromatic N) is 7.